The molecule has 1 N–H and O–H groups in total. The Morgan fingerprint density at radius 1 is 1.23 bits per heavy atom. The smallest absolute Gasteiger partial charge is 0.276 e. The van der Waals surface area contributed by atoms with Gasteiger partial charge in [0.05, 0.1) is 18.1 Å². The maximum atomic E-state index is 13.5. The second-order valence-corrected chi connectivity index (χ2v) is 5.23. The highest BCUT2D eigenvalue weighted by molar-refractivity contribution is 6.02. The van der Waals surface area contributed by atoms with Crippen LogP contribution in [0.15, 0.2) is 42.9 Å². The van der Waals surface area contributed by atoms with Crippen LogP contribution in [0.2, 0.25) is 0 Å². The maximum absolute atomic E-state index is 13.5. The molecule has 3 aromatic rings. The highest BCUT2D eigenvalue weighted by atomic mass is 19.1. The molecule has 8 nitrogen and oxygen atoms in total. The Balaban J connectivity index is 1.58. The minimum Gasteiger partial charge on any atom is -0.468 e. The van der Waals surface area contributed by atoms with E-state index in [-0.39, 0.29) is 24.9 Å². The van der Waals surface area contributed by atoms with E-state index in [9.17, 15) is 13.6 Å². The molecule has 0 fully saturated rings. The van der Waals surface area contributed by atoms with Crippen molar-refractivity contribution in [1.82, 2.24) is 19.6 Å². The lowest BCUT2D eigenvalue weighted by Crippen LogP contribution is -2.14. The number of carbonyl (C=O) groups is 1. The molecule has 0 spiro atoms. The molecule has 1 amide bonds. The van der Waals surface area contributed by atoms with Crippen molar-refractivity contribution in [2.24, 2.45) is 0 Å². The number of nitrogens with zero attached hydrogens (tertiary/aromatic N) is 4. The van der Waals surface area contributed by atoms with E-state index in [1.54, 1.807) is 6.20 Å². The average Bonchev–Trinajstić information content (AvgIpc) is 3.24. The number of amides is 1. The van der Waals surface area contributed by atoms with E-state index in [0.29, 0.717) is 5.69 Å². The maximum Gasteiger partial charge on any atom is 0.276 e. The van der Waals surface area contributed by atoms with Crippen molar-refractivity contribution in [3.8, 4) is 5.75 Å². The van der Waals surface area contributed by atoms with Gasteiger partial charge < -0.3 is 14.8 Å². The molecule has 0 atom stereocenters. The zero-order chi connectivity index (χ0) is 18.5. The Labute approximate surface area is 146 Å². The predicted molar refractivity (Wildman–Crippen MR) is 86.4 cm³/mol. The summed E-state index contributed by atoms with van der Waals surface area (Å²) in [6.07, 6.45) is 4.60. The first-order valence-corrected chi connectivity index (χ1v) is 7.49. The van der Waals surface area contributed by atoms with Crippen LogP contribution in [0, 0.1) is 11.6 Å². The van der Waals surface area contributed by atoms with Crippen molar-refractivity contribution < 1.29 is 23.0 Å². The summed E-state index contributed by atoms with van der Waals surface area (Å²) >= 11 is 0. The minimum atomic E-state index is -0.816. The first kappa shape index (κ1) is 17.5. The fourth-order valence-electron chi connectivity index (χ4n) is 2.11. The van der Waals surface area contributed by atoms with E-state index in [0.717, 1.165) is 12.1 Å². The number of carbonyl (C=O) groups excluding carboxylic acids is 1. The van der Waals surface area contributed by atoms with Crippen LogP contribution in [0.3, 0.4) is 0 Å². The topological polar surface area (TPSA) is 83.2 Å². The molecule has 0 aliphatic heterocycles. The molecule has 0 bridgehead atoms. The summed E-state index contributed by atoms with van der Waals surface area (Å²) in [6.45, 7) is 0.128. The van der Waals surface area contributed by atoms with Gasteiger partial charge in [-0.25, -0.2) is 18.1 Å². The molecule has 0 saturated carbocycles. The minimum absolute atomic E-state index is 0.113. The fraction of sp³-hybridized carbons (Fsp3) is 0.188. The van der Waals surface area contributed by atoms with E-state index in [2.05, 4.69) is 15.5 Å². The van der Waals surface area contributed by atoms with Crippen molar-refractivity contribution in [2.75, 3.05) is 12.4 Å². The lowest BCUT2D eigenvalue weighted by molar-refractivity contribution is 0.102. The van der Waals surface area contributed by atoms with E-state index < -0.39 is 17.5 Å². The third-order valence-corrected chi connectivity index (χ3v) is 3.27. The van der Waals surface area contributed by atoms with E-state index in [4.69, 9.17) is 9.47 Å². The van der Waals surface area contributed by atoms with Crippen molar-refractivity contribution in [3.63, 3.8) is 0 Å². The van der Waals surface area contributed by atoms with Crippen LogP contribution in [0.1, 0.15) is 10.5 Å². The number of aromatic nitrogens is 4. The van der Waals surface area contributed by atoms with Gasteiger partial charge in [0.1, 0.15) is 12.5 Å². The third kappa shape index (κ3) is 4.22. The number of benzene rings is 1. The molecule has 26 heavy (non-hydrogen) atoms. The van der Waals surface area contributed by atoms with Gasteiger partial charge in [0.2, 0.25) is 0 Å². The Morgan fingerprint density at radius 2 is 2.08 bits per heavy atom. The molecular weight excluding hydrogens is 348 g/mol. The second-order valence-electron chi connectivity index (χ2n) is 5.23. The predicted octanol–water partition coefficient (Wildman–Crippen LogP) is 2.25. The standard InChI is InChI=1S/C16H15F2N5O3/c1-25-9-23-8-12(7-19-23)20-16(24)14-4-5-22(21-14)10-26-15-3-2-11(17)6-13(15)18/h2-8H,9-10H2,1H3,(H,20,24). The SMILES string of the molecule is COCn1cc(NC(=O)c2ccn(COc3ccc(F)cc3F)n2)cn1. The molecule has 2 heterocycles. The van der Waals surface area contributed by atoms with Crippen LogP contribution in [0.4, 0.5) is 14.5 Å². The Morgan fingerprint density at radius 3 is 2.85 bits per heavy atom. The summed E-state index contributed by atoms with van der Waals surface area (Å²) in [5.74, 6) is -2.06. The van der Waals surface area contributed by atoms with Crippen LogP contribution < -0.4 is 10.1 Å². The zero-order valence-corrected chi connectivity index (χ0v) is 13.7. The summed E-state index contributed by atoms with van der Waals surface area (Å²) in [6, 6.07) is 4.48. The lowest BCUT2D eigenvalue weighted by Gasteiger charge is -2.07. The van der Waals surface area contributed by atoms with Crippen molar-refractivity contribution in [2.45, 2.75) is 13.5 Å². The van der Waals surface area contributed by atoms with Gasteiger partial charge in [0.15, 0.2) is 24.0 Å². The number of nitrogens with one attached hydrogen (secondary N) is 1. The highest BCUT2D eigenvalue weighted by Gasteiger charge is 2.12. The Kier molecular flexibility index (Phi) is 5.23. The highest BCUT2D eigenvalue weighted by Crippen LogP contribution is 2.18. The second kappa shape index (κ2) is 7.74. The van der Waals surface area contributed by atoms with Crippen molar-refractivity contribution in [1.29, 1.82) is 0 Å². The molecule has 0 aliphatic rings. The van der Waals surface area contributed by atoms with Gasteiger partial charge in [-0.1, -0.05) is 0 Å². The summed E-state index contributed by atoms with van der Waals surface area (Å²) in [4.78, 5) is 12.2. The molecule has 2 aromatic heterocycles. The van der Waals surface area contributed by atoms with Gasteiger partial charge in [0, 0.05) is 19.4 Å². The van der Waals surface area contributed by atoms with Crippen molar-refractivity contribution >= 4 is 11.6 Å². The first-order valence-electron chi connectivity index (χ1n) is 7.49. The largest absolute Gasteiger partial charge is 0.468 e. The van der Waals surface area contributed by atoms with Gasteiger partial charge in [0.25, 0.3) is 5.91 Å². The van der Waals surface area contributed by atoms with Gasteiger partial charge in [-0.15, -0.1) is 0 Å². The fourth-order valence-corrected chi connectivity index (χ4v) is 2.11. The van der Waals surface area contributed by atoms with Crippen LogP contribution in [0.5, 0.6) is 5.75 Å². The number of anilines is 1. The number of methoxy groups -OCH3 is 1. The normalized spacial score (nSPS) is 10.7. The number of hydrogen-bond donors (Lipinski definition) is 1. The molecule has 3 rings (SSSR count). The lowest BCUT2D eigenvalue weighted by atomic mass is 10.3. The molecule has 0 aliphatic carbocycles. The molecule has 0 unspecified atom stereocenters. The quantitative estimate of drug-likeness (QED) is 0.696. The van der Waals surface area contributed by atoms with Gasteiger partial charge >= 0.3 is 0 Å². The van der Waals surface area contributed by atoms with E-state index >= 15 is 0 Å². The van der Waals surface area contributed by atoms with Crippen LogP contribution in [-0.4, -0.2) is 32.6 Å². The first-order chi connectivity index (χ1) is 12.5. The monoisotopic (exact) mass is 363 g/mol. The zero-order valence-electron chi connectivity index (χ0n) is 13.7. The Bertz CT molecular complexity index is 909. The van der Waals surface area contributed by atoms with Crippen LogP contribution in [-0.2, 0) is 18.2 Å². The van der Waals surface area contributed by atoms with Crippen molar-refractivity contribution in [3.05, 3.63) is 60.2 Å². The average molecular weight is 363 g/mol. The van der Waals surface area contributed by atoms with Gasteiger partial charge in [-0.05, 0) is 18.2 Å². The summed E-state index contributed by atoms with van der Waals surface area (Å²) in [5.41, 5.74) is 0.638. The molecule has 0 radical (unpaired) electrons. The van der Waals surface area contributed by atoms with Crippen LogP contribution >= 0.6 is 0 Å². The number of rotatable bonds is 7. The Hall–Kier alpha value is -3.27. The molecular formula is C16H15F2N5O3. The van der Waals surface area contributed by atoms with Gasteiger partial charge in [-0.2, -0.15) is 10.2 Å². The molecule has 1 aromatic carbocycles. The third-order valence-electron chi connectivity index (χ3n) is 3.27. The summed E-state index contributed by atoms with van der Waals surface area (Å²) in [5, 5.41) is 10.7. The van der Waals surface area contributed by atoms with Crippen LogP contribution in [0.25, 0.3) is 0 Å². The number of hydrogen-bond acceptors (Lipinski definition) is 5. The van der Waals surface area contributed by atoms with E-state index in [1.165, 1.54) is 41.0 Å². The number of halogens is 2. The van der Waals surface area contributed by atoms with Gasteiger partial charge in [-0.3, -0.25) is 4.79 Å². The summed E-state index contributed by atoms with van der Waals surface area (Å²) in [7, 11) is 1.53. The molecule has 0 saturated heterocycles. The van der Waals surface area contributed by atoms with E-state index in [1.807, 2.05) is 0 Å². The number of ether oxygens (including phenoxy) is 2. The summed E-state index contributed by atoms with van der Waals surface area (Å²) < 4.78 is 39.3. The molecule has 10 heteroatoms. The molecule has 136 valence electrons.